The molecule has 158 valence electrons. The minimum absolute atomic E-state index is 0.0993. The molecule has 3 aliphatic carbocycles. The van der Waals surface area contributed by atoms with Gasteiger partial charge in [0.05, 0.1) is 0 Å². The van der Waals surface area contributed by atoms with E-state index in [-0.39, 0.29) is 10.5 Å². The van der Waals surface area contributed by atoms with E-state index in [0.717, 1.165) is 32.1 Å². The molecule has 2 N–H and O–H groups in total. The third-order valence-corrected chi connectivity index (χ3v) is 13.8. The van der Waals surface area contributed by atoms with Crippen LogP contribution in [0, 0.1) is 28.7 Å². The molecule has 0 amide bonds. The molecule has 3 aliphatic rings. The van der Waals surface area contributed by atoms with Crippen molar-refractivity contribution < 1.29 is 10.2 Å². The van der Waals surface area contributed by atoms with Gasteiger partial charge in [0, 0.05) is 5.41 Å². The number of rotatable bonds is 0. The van der Waals surface area contributed by atoms with Gasteiger partial charge in [0.1, 0.15) is 19.4 Å². The molecule has 0 radical (unpaired) electrons. The summed E-state index contributed by atoms with van der Waals surface area (Å²) in [5, 5.41) is 21.9. The molecule has 4 rings (SSSR count). The molecule has 5 atom stereocenters. The lowest BCUT2D eigenvalue weighted by atomic mass is 9.53. The smallest absolute Gasteiger partial charge is 0.137 e. The maximum Gasteiger partial charge on any atom is 0.137 e. The summed E-state index contributed by atoms with van der Waals surface area (Å²) in [6.45, 7) is 13.9. The Morgan fingerprint density at radius 1 is 1.10 bits per heavy atom. The SMILES string of the molecule is CC(C)(C)[Si](C)(C)C#C[C@]1(O)CC[C@H]2[C@@H]3CCc4cc(O)ccc4[C@H]3CC[C@@]21C. The van der Waals surface area contributed by atoms with Crippen LogP contribution in [0.5, 0.6) is 5.75 Å². The summed E-state index contributed by atoms with van der Waals surface area (Å²) in [7, 11) is -1.74. The second-order valence-electron chi connectivity index (χ2n) is 11.8. The fourth-order valence-electron chi connectivity index (χ4n) is 6.24. The van der Waals surface area contributed by atoms with E-state index in [1.165, 1.54) is 17.5 Å². The zero-order valence-electron chi connectivity index (χ0n) is 19.1. The Bertz CT molecular complexity index is 871. The van der Waals surface area contributed by atoms with Crippen molar-refractivity contribution in [1.82, 2.24) is 0 Å². The number of hydrogen-bond donors (Lipinski definition) is 2. The fraction of sp³-hybridized carbons (Fsp3) is 0.692. The van der Waals surface area contributed by atoms with Crippen LogP contribution in [0.4, 0.5) is 0 Å². The van der Waals surface area contributed by atoms with Crippen molar-refractivity contribution in [3.63, 3.8) is 0 Å². The predicted molar refractivity (Wildman–Crippen MR) is 123 cm³/mol. The highest BCUT2D eigenvalue weighted by molar-refractivity contribution is 6.87. The molecule has 1 aromatic rings. The summed E-state index contributed by atoms with van der Waals surface area (Å²) in [4.78, 5) is 0. The molecule has 1 aromatic carbocycles. The topological polar surface area (TPSA) is 40.5 Å². The lowest BCUT2D eigenvalue weighted by molar-refractivity contribution is -0.0647. The number of phenolic OH excluding ortho intramolecular Hbond substituents is 1. The van der Waals surface area contributed by atoms with E-state index in [2.05, 4.69) is 58.3 Å². The Labute approximate surface area is 178 Å². The van der Waals surface area contributed by atoms with Crippen molar-refractivity contribution in [2.45, 2.75) is 95.9 Å². The van der Waals surface area contributed by atoms with Gasteiger partial charge in [-0.15, -0.1) is 5.54 Å². The standard InChI is InChI=1S/C26H38O2Si/c1-24(2,3)29(5,6)16-15-26(28)14-12-23-22-9-7-18-17-19(27)8-10-20(18)21(22)11-13-25(23,26)4/h8,10,17,21-23,27-28H,7,9,11-14H2,1-6H3/t21-,22-,23+,25+,26-/m1/s1. The number of aromatic hydroxyl groups is 1. The largest absolute Gasteiger partial charge is 0.508 e. The van der Waals surface area contributed by atoms with Crippen LogP contribution in [-0.2, 0) is 6.42 Å². The van der Waals surface area contributed by atoms with E-state index in [1.54, 1.807) is 0 Å². The summed E-state index contributed by atoms with van der Waals surface area (Å²) in [5.74, 6) is 5.64. The molecule has 0 saturated heterocycles. The van der Waals surface area contributed by atoms with Gasteiger partial charge >= 0.3 is 0 Å². The van der Waals surface area contributed by atoms with E-state index in [4.69, 9.17) is 0 Å². The summed E-state index contributed by atoms with van der Waals surface area (Å²) < 4.78 is 0. The summed E-state index contributed by atoms with van der Waals surface area (Å²) >= 11 is 0. The van der Waals surface area contributed by atoms with Crippen LogP contribution in [0.2, 0.25) is 18.1 Å². The Hall–Kier alpha value is -1.24. The van der Waals surface area contributed by atoms with E-state index in [0.29, 0.717) is 23.5 Å². The summed E-state index contributed by atoms with van der Waals surface area (Å²) in [6, 6.07) is 5.97. The number of phenols is 1. The van der Waals surface area contributed by atoms with Crippen LogP contribution >= 0.6 is 0 Å². The first-order chi connectivity index (χ1) is 13.4. The van der Waals surface area contributed by atoms with Crippen molar-refractivity contribution in [2.24, 2.45) is 17.3 Å². The summed E-state index contributed by atoms with van der Waals surface area (Å²) in [6.07, 6.45) is 6.30. The molecular weight excluding hydrogens is 372 g/mol. The quantitative estimate of drug-likeness (QED) is 0.405. The monoisotopic (exact) mass is 410 g/mol. The number of aryl methyl sites for hydroxylation is 1. The van der Waals surface area contributed by atoms with Crippen molar-refractivity contribution in [3.05, 3.63) is 29.3 Å². The van der Waals surface area contributed by atoms with Crippen LogP contribution in [0.1, 0.15) is 76.8 Å². The van der Waals surface area contributed by atoms with E-state index >= 15 is 0 Å². The molecule has 0 aliphatic heterocycles. The number of aliphatic hydroxyl groups is 1. The number of fused-ring (bicyclic) bond motifs is 5. The molecule has 0 heterocycles. The van der Waals surface area contributed by atoms with Gasteiger partial charge in [0.15, 0.2) is 0 Å². The van der Waals surface area contributed by atoms with E-state index < -0.39 is 13.7 Å². The molecule has 3 heteroatoms. The van der Waals surface area contributed by atoms with Crippen LogP contribution in [0.15, 0.2) is 18.2 Å². The molecule has 0 unspecified atom stereocenters. The minimum Gasteiger partial charge on any atom is -0.508 e. The van der Waals surface area contributed by atoms with Gasteiger partial charge in [-0.2, -0.15) is 0 Å². The molecule has 0 spiro atoms. The fourth-order valence-corrected chi connectivity index (χ4v) is 7.13. The van der Waals surface area contributed by atoms with Gasteiger partial charge in [-0.05, 0) is 84.6 Å². The molecular formula is C26H38O2Si. The van der Waals surface area contributed by atoms with Gasteiger partial charge in [0.25, 0.3) is 0 Å². The Morgan fingerprint density at radius 2 is 1.83 bits per heavy atom. The maximum absolute atomic E-state index is 11.8. The third kappa shape index (κ3) is 3.18. The minimum atomic E-state index is -1.74. The lowest BCUT2D eigenvalue weighted by Crippen LogP contribution is -2.50. The van der Waals surface area contributed by atoms with Gasteiger partial charge < -0.3 is 10.2 Å². The zero-order chi connectivity index (χ0) is 21.2. The van der Waals surface area contributed by atoms with Gasteiger partial charge in [0.2, 0.25) is 0 Å². The van der Waals surface area contributed by atoms with Crippen LogP contribution < -0.4 is 0 Å². The number of hydrogen-bond acceptors (Lipinski definition) is 2. The Balaban J connectivity index is 1.64. The first-order valence-corrected chi connectivity index (χ1v) is 14.5. The third-order valence-electron chi connectivity index (χ3n) is 9.32. The first-order valence-electron chi connectivity index (χ1n) is 11.5. The second-order valence-corrected chi connectivity index (χ2v) is 16.8. The molecule has 2 fully saturated rings. The van der Waals surface area contributed by atoms with Crippen molar-refractivity contribution in [2.75, 3.05) is 0 Å². The second kappa shape index (κ2) is 6.63. The van der Waals surface area contributed by atoms with Crippen LogP contribution in [-0.4, -0.2) is 23.9 Å². The Morgan fingerprint density at radius 3 is 2.52 bits per heavy atom. The Kier molecular flexibility index (Phi) is 4.80. The molecule has 0 bridgehead atoms. The molecule has 2 saturated carbocycles. The molecule has 0 aromatic heterocycles. The molecule has 2 nitrogen and oxygen atoms in total. The first kappa shape index (κ1) is 21.0. The van der Waals surface area contributed by atoms with Crippen LogP contribution in [0.25, 0.3) is 0 Å². The average Bonchev–Trinajstić information content (AvgIpc) is 2.90. The van der Waals surface area contributed by atoms with Gasteiger partial charge in [-0.3, -0.25) is 0 Å². The zero-order valence-corrected chi connectivity index (χ0v) is 20.1. The lowest BCUT2D eigenvalue weighted by Gasteiger charge is -2.52. The molecule has 29 heavy (non-hydrogen) atoms. The number of benzene rings is 1. The highest BCUT2D eigenvalue weighted by atomic mass is 28.3. The highest BCUT2D eigenvalue weighted by Gasteiger charge is 2.61. The highest BCUT2D eigenvalue weighted by Crippen LogP contribution is 2.64. The van der Waals surface area contributed by atoms with E-state index in [1.807, 2.05) is 12.1 Å². The van der Waals surface area contributed by atoms with E-state index in [9.17, 15) is 10.2 Å². The predicted octanol–water partition coefficient (Wildman–Crippen LogP) is 6.03. The van der Waals surface area contributed by atoms with Crippen molar-refractivity contribution in [1.29, 1.82) is 0 Å². The average molecular weight is 411 g/mol. The summed E-state index contributed by atoms with van der Waals surface area (Å²) in [5.41, 5.74) is 5.49. The van der Waals surface area contributed by atoms with Crippen molar-refractivity contribution >= 4 is 8.07 Å². The maximum atomic E-state index is 11.8. The van der Waals surface area contributed by atoms with Gasteiger partial charge in [-0.25, -0.2) is 0 Å². The van der Waals surface area contributed by atoms with Crippen LogP contribution in [0.3, 0.4) is 0 Å². The van der Waals surface area contributed by atoms with Gasteiger partial charge in [-0.1, -0.05) is 52.8 Å². The normalized spacial score (nSPS) is 36.4. The van der Waals surface area contributed by atoms with Crippen molar-refractivity contribution in [3.8, 4) is 17.2 Å².